The molecule has 0 fully saturated rings. The molecule has 0 saturated heterocycles. The Bertz CT molecular complexity index is 568. The molecule has 2 aromatic rings. The number of aliphatic hydroxyl groups is 1. The smallest absolute Gasteiger partial charge is 0.123 e. The number of nitrogens with zero attached hydrogens (tertiary/aromatic N) is 1. The predicted molar refractivity (Wildman–Crippen MR) is 67.2 cm³/mol. The van der Waals surface area contributed by atoms with Crippen LogP contribution in [-0.4, -0.2) is 10.1 Å². The maximum absolute atomic E-state index is 10.4. The lowest BCUT2D eigenvalue weighted by Gasteiger charge is -2.14. The predicted octanol–water partition coefficient (Wildman–Crippen LogP) is 2.92. The minimum atomic E-state index is -0.711. The van der Waals surface area contributed by atoms with Crippen molar-refractivity contribution < 1.29 is 5.11 Å². The zero-order valence-corrected chi connectivity index (χ0v) is 9.98. The van der Waals surface area contributed by atoms with Crippen LogP contribution in [0.1, 0.15) is 28.5 Å². The number of rotatable bonds is 0. The van der Waals surface area contributed by atoms with E-state index >= 15 is 0 Å². The van der Waals surface area contributed by atoms with Gasteiger partial charge in [-0.1, -0.05) is 29.8 Å². The van der Waals surface area contributed by atoms with Crippen molar-refractivity contribution in [3.05, 3.63) is 63.9 Å². The summed E-state index contributed by atoms with van der Waals surface area (Å²) < 4.78 is 0. The minimum absolute atomic E-state index is 0.619. The second kappa shape index (κ2) is 4.13. The SMILES string of the molecule is OC1c2ncccc2CCc2cccc(Cl)c21. The largest absolute Gasteiger partial charge is 0.382 e. The molecule has 1 unspecified atom stereocenters. The Morgan fingerprint density at radius 3 is 2.76 bits per heavy atom. The summed E-state index contributed by atoms with van der Waals surface area (Å²) in [4.78, 5) is 4.29. The Hall–Kier alpha value is -1.38. The average molecular weight is 246 g/mol. The van der Waals surface area contributed by atoms with Crippen molar-refractivity contribution in [1.82, 2.24) is 4.98 Å². The second-order valence-electron chi connectivity index (χ2n) is 4.26. The van der Waals surface area contributed by atoms with Crippen LogP contribution in [0.3, 0.4) is 0 Å². The van der Waals surface area contributed by atoms with Gasteiger partial charge in [-0.3, -0.25) is 4.98 Å². The van der Waals surface area contributed by atoms with Crippen LogP contribution in [0.4, 0.5) is 0 Å². The quantitative estimate of drug-likeness (QED) is 0.774. The number of benzene rings is 1. The van der Waals surface area contributed by atoms with E-state index in [2.05, 4.69) is 4.98 Å². The Morgan fingerprint density at radius 2 is 1.88 bits per heavy atom. The summed E-state index contributed by atoms with van der Waals surface area (Å²) in [6.07, 6.45) is 2.79. The van der Waals surface area contributed by atoms with Crippen molar-refractivity contribution in [2.75, 3.05) is 0 Å². The lowest BCUT2D eigenvalue weighted by Crippen LogP contribution is -2.05. The van der Waals surface area contributed by atoms with Crippen LogP contribution < -0.4 is 0 Å². The molecule has 1 heterocycles. The summed E-state index contributed by atoms with van der Waals surface area (Å²) in [7, 11) is 0. The van der Waals surface area contributed by atoms with Gasteiger partial charge in [0, 0.05) is 16.8 Å². The lowest BCUT2D eigenvalue weighted by atomic mass is 10.0. The van der Waals surface area contributed by atoms with Crippen molar-refractivity contribution in [1.29, 1.82) is 0 Å². The molecule has 1 aromatic carbocycles. The molecule has 3 rings (SSSR count). The van der Waals surface area contributed by atoms with E-state index in [1.54, 1.807) is 6.20 Å². The van der Waals surface area contributed by atoms with Gasteiger partial charge in [-0.2, -0.15) is 0 Å². The van der Waals surface area contributed by atoms with Crippen LogP contribution in [0, 0.1) is 0 Å². The molecule has 0 spiro atoms. The fourth-order valence-electron chi connectivity index (χ4n) is 2.42. The molecule has 1 atom stereocenters. The van der Waals surface area contributed by atoms with E-state index in [0.717, 1.165) is 35.2 Å². The highest BCUT2D eigenvalue weighted by Gasteiger charge is 2.24. The number of fused-ring (bicyclic) bond motifs is 2. The van der Waals surface area contributed by atoms with Gasteiger partial charge in [-0.05, 0) is 36.1 Å². The third-order valence-corrected chi connectivity index (χ3v) is 3.60. The van der Waals surface area contributed by atoms with Crippen LogP contribution in [0.15, 0.2) is 36.5 Å². The van der Waals surface area contributed by atoms with Crippen LogP contribution in [0.2, 0.25) is 5.02 Å². The molecular formula is C14H12ClNO. The van der Waals surface area contributed by atoms with Crippen molar-refractivity contribution in [3.63, 3.8) is 0 Å². The van der Waals surface area contributed by atoms with E-state index in [1.165, 1.54) is 0 Å². The highest BCUT2D eigenvalue weighted by Crippen LogP contribution is 2.35. The van der Waals surface area contributed by atoms with Crippen molar-refractivity contribution in [2.45, 2.75) is 18.9 Å². The second-order valence-corrected chi connectivity index (χ2v) is 4.67. The number of aliphatic hydroxyl groups excluding tert-OH is 1. The van der Waals surface area contributed by atoms with E-state index in [1.807, 2.05) is 30.3 Å². The first-order chi connectivity index (χ1) is 8.27. The van der Waals surface area contributed by atoms with Gasteiger partial charge in [0.05, 0.1) is 5.69 Å². The summed E-state index contributed by atoms with van der Waals surface area (Å²) in [6.45, 7) is 0. The fraction of sp³-hybridized carbons (Fsp3) is 0.214. The highest BCUT2D eigenvalue weighted by atomic mass is 35.5. The van der Waals surface area contributed by atoms with E-state index < -0.39 is 6.10 Å². The van der Waals surface area contributed by atoms with Gasteiger partial charge in [0.15, 0.2) is 0 Å². The van der Waals surface area contributed by atoms with E-state index in [-0.39, 0.29) is 0 Å². The first-order valence-corrected chi connectivity index (χ1v) is 6.04. The van der Waals surface area contributed by atoms with Gasteiger partial charge in [-0.15, -0.1) is 0 Å². The lowest BCUT2D eigenvalue weighted by molar-refractivity contribution is 0.214. The van der Waals surface area contributed by atoms with Gasteiger partial charge in [0.2, 0.25) is 0 Å². The van der Waals surface area contributed by atoms with Gasteiger partial charge in [0.25, 0.3) is 0 Å². The third kappa shape index (κ3) is 1.74. The monoisotopic (exact) mass is 245 g/mol. The van der Waals surface area contributed by atoms with Gasteiger partial charge in [0.1, 0.15) is 6.10 Å². The molecule has 0 bridgehead atoms. The fourth-order valence-corrected chi connectivity index (χ4v) is 2.72. The molecular weight excluding hydrogens is 234 g/mol. The van der Waals surface area contributed by atoms with Crippen molar-refractivity contribution >= 4 is 11.6 Å². The molecule has 1 N–H and O–H groups in total. The molecule has 1 aromatic heterocycles. The first-order valence-electron chi connectivity index (χ1n) is 5.66. The van der Waals surface area contributed by atoms with Crippen LogP contribution in [-0.2, 0) is 12.8 Å². The molecule has 3 heteroatoms. The Morgan fingerprint density at radius 1 is 1.12 bits per heavy atom. The number of aromatic nitrogens is 1. The van der Waals surface area contributed by atoms with E-state index in [0.29, 0.717) is 5.02 Å². The van der Waals surface area contributed by atoms with E-state index in [4.69, 9.17) is 11.6 Å². The Labute approximate surface area is 105 Å². The van der Waals surface area contributed by atoms with Gasteiger partial charge in [-0.25, -0.2) is 0 Å². The molecule has 0 radical (unpaired) electrons. The summed E-state index contributed by atoms with van der Waals surface area (Å²) in [5.41, 5.74) is 3.77. The number of hydrogen-bond acceptors (Lipinski definition) is 2. The Balaban J connectivity index is 2.22. The van der Waals surface area contributed by atoms with Crippen molar-refractivity contribution in [2.24, 2.45) is 0 Å². The summed E-state index contributed by atoms with van der Waals surface area (Å²) in [5.74, 6) is 0. The zero-order chi connectivity index (χ0) is 11.8. The standard InChI is InChI=1S/C14H12ClNO/c15-11-5-1-3-9-6-7-10-4-2-8-16-13(10)14(17)12(9)11/h1-5,8,14,17H,6-7H2. The minimum Gasteiger partial charge on any atom is -0.382 e. The average Bonchev–Trinajstić information content (AvgIpc) is 2.49. The van der Waals surface area contributed by atoms with Gasteiger partial charge >= 0.3 is 0 Å². The number of pyridine rings is 1. The molecule has 1 aliphatic carbocycles. The molecule has 1 aliphatic rings. The first kappa shape index (κ1) is 10.8. The number of halogens is 1. The molecule has 0 amide bonds. The highest BCUT2D eigenvalue weighted by molar-refractivity contribution is 6.31. The molecule has 86 valence electrons. The zero-order valence-electron chi connectivity index (χ0n) is 9.23. The maximum Gasteiger partial charge on any atom is 0.123 e. The number of hydrogen-bond donors (Lipinski definition) is 1. The maximum atomic E-state index is 10.4. The van der Waals surface area contributed by atoms with Crippen LogP contribution >= 0.6 is 11.6 Å². The van der Waals surface area contributed by atoms with Crippen LogP contribution in [0.25, 0.3) is 0 Å². The summed E-state index contributed by atoms with van der Waals surface area (Å²) >= 11 is 6.19. The third-order valence-electron chi connectivity index (χ3n) is 3.27. The normalized spacial score (nSPS) is 18.1. The summed E-state index contributed by atoms with van der Waals surface area (Å²) in [6, 6.07) is 9.69. The van der Waals surface area contributed by atoms with Gasteiger partial charge < -0.3 is 5.11 Å². The van der Waals surface area contributed by atoms with Crippen molar-refractivity contribution in [3.8, 4) is 0 Å². The molecule has 0 saturated carbocycles. The summed E-state index contributed by atoms with van der Waals surface area (Å²) in [5, 5.41) is 11.0. The topological polar surface area (TPSA) is 33.1 Å². The number of aryl methyl sites for hydroxylation is 2. The van der Waals surface area contributed by atoms with Crippen LogP contribution in [0.5, 0.6) is 0 Å². The Kier molecular flexibility index (Phi) is 2.61. The molecule has 2 nitrogen and oxygen atoms in total. The molecule has 0 aliphatic heterocycles. The molecule has 17 heavy (non-hydrogen) atoms. The van der Waals surface area contributed by atoms with E-state index in [9.17, 15) is 5.11 Å².